The molecule has 0 saturated heterocycles. The topological polar surface area (TPSA) is 54.4 Å². The lowest BCUT2D eigenvalue weighted by molar-refractivity contribution is 0.473. The molecule has 1 aromatic carbocycles. The van der Waals surface area contributed by atoms with E-state index in [2.05, 4.69) is 0 Å². The van der Waals surface area contributed by atoms with Gasteiger partial charge >= 0.3 is 0 Å². The average Bonchev–Trinajstić information content (AvgIpc) is 2.04. The molecule has 0 aliphatic carbocycles. The zero-order chi connectivity index (χ0) is 10.1. The van der Waals surface area contributed by atoms with Crippen molar-refractivity contribution >= 4 is 9.84 Å². The van der Waals surface area contributed by atoms with E-state index < -0.39 is 15.1 Å². The molecule has 0 atom stereocenters. The Balaban J connectivity index is 3.24. The normalized spacial score (nSPS) is 11.9. The predicted octanol–water partition coefficient (Wildman–Crippen LogP) is 1.57. The fourth-order valence-corrected chi connectivity index (χ4v) is 2.03. The lowest BCUT2D eigenvalue weighted by Crippen LogP contribution is -2.13. The van der Waals surface area contributed by atoms with Crippen LogP contribution in [0.4, 0.5) is 0 Å². The highest BCUT2D eigenvalue weighted by molar-refractivity contribution is 7.92. The maximum absolute atomic E-state index is 11.6. The van der Waals surface area contributed by atoms with Crippen LogP contribution in [0.5, 0.6) is 5.75 Å². The third-order valence-corrected chi connectivity index (χ3v) is 3.92. The number of aromatic hydroxyl groups is 1. The van der Waals surface area contributed by atoms with Crippen molar-refractivity contribution in [3.05, 3.63) is 24.3 Å². The van der Waals surface area contributed by atoms with Gasteiger partial charge < -0.3 is 5.11 Å². The quantitative estimate of drug-likeness (QED) is 0.788. The first-order valence-corrected chi connectivity index (χ1v) is 5.52. The number of rotatable bonds is 2. The molecule has 72 valence electrons. The van der Waals surface area contributed by atoms with Crippen molar-refractivity contribution in [3.8, 4) is 5.75 Å². The van der Waals surface area contributed by atoms with E-state index in [1.807, 2.05) is 0 Å². The Morgan fingerprint density at radius 3 is 2.38 bits per heavy atom. The number of hydrogen-bond acceptors (Lipinski definition) is 3. The Hall–Kier alpha value is -1.03. The lowest BCUT2D eigenvalue weighted by Gasteiger charge is -2.07. The highest BCUT2D eigenvalue weighted by Crippen LogP contribution is 2.19. The van der Waals surface area contributed by atoms with E-state index in [1.54, 1.807) is 13.8 Å². The van der Waals surface area contributed by atoms with E-state index in [4.69, 9.17) is 5.11 Å². The molecule has 0 aliphatic rings. The van der Waals surface area contributed by atoms with Crippen LogP contribution in [0.1, 0.15) is 13.8 Å². The largest absolute Gasteiger partial charge is 0.508 e. The van der Waals surface area contributed by atoms with Crippen molar-refractivity contribution < 1.29 is 13.5 Å². The van der Waals surface area contributed by atoms with Crippen LogP contribution in [0.3, 0.4) is 0 Å². The summed E-state index contributed by atoms with van der Waals surface area (Å²) in [6.07, 6.45) is 0. The van der Waals surface area contributed by atoms with Crippen LogP contribution in [0.15, 0.2) is 29.2 Å². The Labute approximate surface area is 77.9 Å². The van der Waals surface area contributed by atoms with Gasteiger partial charge in [-0.25, -0.2) is 8.42 Å². The zero-order valence-corrected chi connectivity index (χ0v) is 8.38. The van der Waals surface area contributed by atoms with Gasteiger partial charge in [-0.15, -0.1) is 0 Å². The summed E-state index contributed by atoms with van der Waals surface area (Å²) in [5.41, 5.74) is 0. The molecule has 4 heteroatoms. The fourth-order valence-electron chi connectivity index (χ4n) is 0.933. The van der Waals surface area contributed by atoms with Gasteiger partial charge in [0.1, 0.15) is 5.75 Å². The van der Waals surface area contributed by atoms with Crippen molar-refractivity contribution in [1.29, 1.82) is 0 Å². The second-order valence-electron chi connectivity index (χ2n) is 3.09. The monoisotopic (exact) mass is 200 g/mol. The van der Waals surface area contributed by atoms with Crippen LogP contribution < -0.4 is 0 Å². The number of benzene rings is 1. The van der Waals surface area contributed by atoms with Crippen LogP contribution in [0.25, 0.3) is 0 Å². The van der Waals surface area contributed by atoms with E-state index >= 15 is 0 Å². The highest BCUT2D eigenvalue weighted by atomic mass is 32.2. The maximum atomic E-state index is 11.6. The molecule has 13 heavy (non-hydrogen) atoms. The van der Waals surface area contributed by atoms with Crippen LogP contribution in [0.2, 0.25) is 0 Å². The predicted molar refractivity (Wildman–Crippen MR) is 50.4 cm³/mol. The second kappa shape index (κ2) is 3.38. The molecule has 3 nitrogen and oxygen atoms in total. The van der Waals surface area contributed by atoms with Crippen molar-refractivity contribution in [2.75, 3.05) is 0 Å². The number of phenolic OH excluding ortho intramolecular Hbond substituents is 1. The van der Waals surface area contributed by atoms with Crippen molar-refractivity contribution in [1.82, 2.24) is 0 Å². The Morgan fingerprint density at radius 2 is 1.92 bits per heavy atom. The van der Waals surface area contributed by atoms with E-state index in [1.165, 1.54) is 24.3 Å². The molecule has 0 bridgehead atoms. The minimum absolute atomic E-state index is 0.0262. The summed E-state index contributed by atoms with van der Waals surface area (Å²) in [4.78, 5) is 0.169. The van der Waals surface area contributed by atoms with Crippen molar-refractivity contribution in [2.24, 2.45) is 0 Å². The molecular formula is C9H12O3S. The third kappa shape index (κ3) is 2.01. The summed E-state index contributed by atoms with van der Waals surface area (Å²) in [6.45, 7) is 3.22. The van der Waals surface area contributed by atoms with Gasteiger partial charge in [-0.2, -0.15) is 0 Å². The van der Waals surface area contributed by atoms with E-state index in [0.717, 1.165) is 0 Å². The first kappa shape index (κ1) is 10.1. The van der Waals surface area contributed by atoms with Crippen molar-refractivity contribution in [3.63, 3.8) is 0 Å². The summed E-state index contributed by atoms with van der Waals surface area (Å²) in [7, 11) is -3.26. The minimum Gasteiger partial charge on any atom is -0.508 e. The molecule has 0 radical (unpaired) electrons. The summed E-state index contributed by atoms with van der Waals surface area (Å²) in [6, 6.07) is 5.70. The van der Waals surface area contributed by atoms with E-state index in [-0.39, 0.29) is 10.6 Å². The second-order valence-corrected chi connectivity index (χ2v) is 5.60. The Kier molecular flexibility index (Phi) is 2.61. The average molecular weight is 200 g/mol. The van der Waals surface area contributed by atoms with Crippen LogP contribution in [-0.2, 0) is 9.84 Å². The van der Waals surface area contributed by atoms with Gasteiger partial charge in [0.05, 0.1) is 10.1 Å². The van der Waals surface area contributed by atoms with E-state index in [0.29, 0.717) is 0 Å². The fraction of sp³-hybridized carbons (Fsp3) is 0.333. The Morgan fingerprint density at radius 1 is 1.31 bits per heavy atom. The van der Waals surface area contributed by atoms with Crippen molar-refractivity contribution in [2.45, 2.75) is 24.0 Å². The standard InChI is InChI=1S/C9H12O3S/c1-7(2)13(11,12)9-5-3-4-8(10)6-9/h3-7,10H,1-2H3. The summed E-state index contributed by atoms with van der Waals surface area (Å²) in [5.74, 6) is -0.0262. The molecule has 0 heterocycles. The summed E-state index contributed by atoms with van der Waals surface area (Å²) in [5, 5.41) is 8.63. The molecule has 1 N–H and O–H groups in total. The lowest BCUT2D eigenvalue weighted by atomic mass is 10.3. The van der Waals surface area contributed by atoms with Crippen LogP contribution in [0, 0.1) is 0 Å². The molecule has 0 spiro atoms. The molecule has 0 aromatic heterocycles. The first-order valence-electron chi connectivity index (χ1n) is 3.97. The summed E-state index contributed by atoms with van der Waals surface area (Å²) < 4.78 is 23.1. The number of phenols is 1. The highest BCUT2D eigenvalue weighted by Gasteiger charge is 2.18. The van der Waals surface area contributed by atoms with Gasteiger partial charge in [-0.3, -0.25) is 0 Å². The number of sulfone groups is 1. The summed E-state index contributed by atoms with van der Waals surface area (Å²) >= 11 is 0. The zero-order valence-electron chi connectivity index (χ0n) is 7.56. The number of hydrogen-bond donors (Lipinski definition) is 1. The third-order valence-electron chi connectivity index (χ3n) is 1.77. The van der Waals surface area contributed by atoms with Gasteiger partial charge in [0, 0.05) is 0 Å². The van der Waals surface area contributed by atoms with Crippen LogP contribution in [-0.4, -0.2) is 18.8 Å². The molecule has 0 aliphatic heterocycles. The SMILES string of the molecule is CC(C)S(=O)(=O)c1cccc(O)c1. The minimum atomic E-state index is -3.26. The van der Waals surface area contributed by atoms with Gasteiger partial charge in [0.25, 0.3) is 0 Å². The maximum Gasteiger partial charge on any atom is 0.180 e. The van der Waals surface area contributed by atoms with Crippen LogP contribution >= 0.6 is 0 Å². The smallest absolute Gasteiger partial charge is 0.180 e. The van der Waals surface area contributed by atoms with Gasteiger partial charge in [0.2, 0.25) is 0 Å². The molecule has 0 saturated carbocycles. The van der Waals surface area contributed by atoms with Gasteiger partial charge in [-0.05, 0) is 32.0 Å². The Bertz CT molecular complexity index is 393. The van der Waals surface area contributed by atoms with Gasteiger partial charge in [0.15, 0.2) is 9.84 Å². The molecule has 1 rings (SSSR count). The van der Waals surface area contributed by atoms with Gasteiger partial charge in [-0.1, -0.05) is 6.07 Å². The molecule has 1 aromatic rings. The van der Waals surface area contributed by atoms with E-state index in [9.17, 15) is 8.42 Å². The molecule has 0 fully saturated rings. The first-order chi connectivity index (χ1) is 5.94. The molecule has 0 amide bonds. The molecular weight excluding hydrogens is 188 g/mol. The molecule has 0 unspecified atom stereocenters.